The molecule has 1 aromatic rings. The predicted molar refractivity (Wildman–Crippen MR) is 102 cm³/mol. The number of hydrogen-bond acceptors (Lipinski definition) is 3. The summed E-state index contributed by atoms with van der Waals surface area (Å²) in [6.07, 6.45) is 1.41. The minimum atomic E-state index is -0.316. The molecular weight excluding hydrogens is 332 g/mol. The highest BCUT2D eigenvalue weighted by Crippen LogP contribution is 2.47. The van der Waals surface area contributed by atoms with E-state index in [1.807, 2.05) is 11.9 Å². The van der Waals surface area contributed by atoms with Gasteiger partial charge in [0.1, 0.15) is 6.04 Å². The summed E-state index contributed by atoms with van der Waals surface area (Å²) in [5.74, 6) is 0.870. The van der Waals surface area contributed by atoms with Crippen molar-refractivity contribution in [1.29, 1.82) is 0 Å². The fourth-order valence-corrected chi connectivity index (χ4v) is 5.14. The highest BCUT2D eigenvalue weighted by Gasteiger charge is 2.53. The maximum atomic E-state index is 12.9. The third-order valence-corrected chi connectivity index (χ3v) is 6.85. The van der Waals surface area contributed by atoms with E-state index in [1.165, 1.54) is 5.56 Å². The molecule has 1 aromatic carbocycles. The lowest BCUT2D eigenvalue weighted by atomic mass is 9.87. The Kier molecular flexibility index (Phi) is 4.65. The van der Waals surface area contributed by atoms with Crippen molar-refractivity contribution in [2.24, 2.45) is 0 Å². The molecule has 4 nitrogen and oxygen atoms in total. The highest BCUT2D eigenvalue weighted by atomic mass is 32.2. The first-order valence-corrected chi connectivity index (χ1v) is 9.91. The molecule has 2 fully saturated rings. The van der Waals surface area contributed by atoms with Crippen molar-refractivity contribution in [1.82, 2.24) is 9.80 Å². The summed E-state index contributed by atoms with van der Waals surface area (Å²) in [7, 11) is 1.83. The Labute approximate surface area is 154 Å². The second kappa shape index (κ2) is 6.35. The summed E-state index contributed by atoms with van der Waals surface area (Å²) in [6, 6.07) is 8.15. The average molecular weight is 361 g/mol. The molecule has 2 saturated heterocycles. The van der Waals surface area contributed by atoms with Gasteiger partial charge in [-0.25, -0.2) is 0 Å². The summed E-state index contributed by atoms with van der Waals surface area (Å²) < 4.78 is 0. The lowest BCUT2D eigenvalue weighted by Gasteiger charge is -2.32. The Hall–Kier alpha value is -1.49. The summed E-state index contributed by atoms with van der Waals surface area (Å²) >= 11 is 1.74. The van der Waals surface area contributed by atoms with Gasteiger partial charge in [0, 0.05) is 25.8 Å². The largest absolute Gasteiger partial charge is 0.340 e. The van der Waals surface area contributed by atoms with E-state index in [9.17, 15) is 9.59 Å². The number of likely N-dealkylation sites (N-methyl/N-ethyl adjacent to an activating group) is 1. The molecule has 0 radical (unpaired) electrons. The zero-order chi connectivity index (χ0) is 18.4. The van der Waals surface area contributed by atoms with Crippen LogP contribution < -0.4 is 0 Å². The summed E-state index contributed by atoms with van der Waals surface area (Å²) in [5.41, 5.74) is 2.53. The van der Waals surface area contributed by atoms with E-state index in [0.29, 0.717) is 18.7 Å². The van der Waals surface area contributed by atoms with Gasteiger partial charge in [-0.3, -0.25) is 9.59 Å². The molecule has 2 amide bonds. The van der Waals surface area contributed by atoms with E-state index >= 15 is 0 Å². The van der Waals surface area contributed by atoms with Crippen molar-refractivity contribution in [2.75, 3.05) is 12.8 Å². The standard InChI is InChI=1S/C20H28N2O2S/c1-19(2,3)15-8-6-14(7-9-15)12-21(5)18(24)16-13-25-20(4)11-10-17(23)22(16)20/h6-9,16H,10-13H2,1-5H3/t16-,20-/m0/s1. The lowest BCUT2D eigenvalue weighted by Crippen LogP contribution is -2.50. The maximum absolute atomic E-state index is 12.9. The van der Waals surface area contributed by atoms with Crippen molar-refractivity contribution < 1.29 is 9.59 Å². The number of rotatable bonds is 3. The molecule has 0 aliphatic carbocycles. The van der Waals surface area contributed by atoms with Gasteiger partial charge >= 0.3 is 0 Å². The van der Waals surface area contributed by atoms with Crippen LogP contribution in [0, 0.1) is 0 Å². The number of carbonyl (C=O) groups is 2. The van der Waals surface area contributed by atoms with Gasteiger partial charge in [0.2, 0.25) is 11.8 Å². The minimum Gasteiger partial charge on any atom is -0.340 e. The number of nitrogens with zero attached hydrogens (tertiary/aromatic N) is 2. The monoisotopic (exact) mass is 360 g/mol. The Morgan fingerprint density at radius 1 is 1.32 bits per heavy atom. The molecule has 2 aliphatic heterocycles. The van der Waals surface area contributed by atoms with Crippen LogP contribution in [0.25, 0.3) is 0 Å². The van der Waals surface area contributed by atoms with Crippen LogP contribution >= 0.6 is 11.8 Å². The summed E-state index contributed by atoms with van der Waals surface area (Å²) in [6.45, 7) is 9.24. The van der Waals surface area contributed by atoms with Crippen molar-refractivity contribution in [3.63, 3.8) is 0 Å². The smallest absolute Gasteiger partial charge is 0.246 e. The van der Waals surface area contributed by atoms with Gasteiger partial charge in [0.05, 0.1) is 4.87 Å². The normalized spacial score (nSPS) is 26.0. The van der Waals surface area contributed by atoms with Crippen LogP contribution in [-0.2, 0) is 21.5 Å². The first-order chi connectivity index (χ1) is 11.6. The second-order valence-electron chi connectivity index (χ2n) is 8.41. The molecule has 3 rings (SSSR count). The molecule has 136 valence electrons. The van der Waals surface area contributed by atoms with Crippen LogP contribution in [0.2, 0.25) is 0 Å². The summed E-state index contributed by atoms with van der Waals surface area (Å²) in [4.78, 5) is 28.6. The zero-order valence-electron chi connectivity index (χ0n) is 15.8. The fourth-order valence-electron chi connectivity index (χ4n) is 3.72. The molecule has 2 atom stereocenters. The zero-order valence-corrected chi connectivity index (χ0v) is 16.7. The van der Waals surface area contributed by atoms with Crippen LogP contribution in [0.15, 0.2) is 24.3 Å². The van der Waals surface area contributed by atoms with E-state index in [4.69, 9.17) is 0 Å². The topological polar surface area (TPSA) is 40.6 Å². The first kappa shape index (κ1) is 18.3. The second-order valence-corrected chi connectivity index (χ2v) is 9.91. The van der Waals surface area contributed by atoms with Crippen molar-refractivity contribution in [3.8, 4) is 0 Å². The van der Waals surface area contributed by atoms with Crippen molar-refractivity contribution in [3.05, 3.63) is 35.4 Å². The van der Waals surface area contributed by atoms with Gasteiger partial charge in [0.15, 0.2) is 0 Å². The fraction of sp³-hybridized carbons (Fsp3) is 0.600. The van der Waals surface area contributed by atoms with Gasteiger partial charge in [-0.15, -0.1) is 11.8 Å². The van der Waals surface area contributed by atoms with Crippen molar-refractivity contribution in [2.45, 2.75) is 63.4 Å². The molecule has 25 heavy (non-hydrogen) atoms. The molecule has 0 saturated carbocycles. The van der Waals surface area contributed by atoms with Crippen LogP contribution in [0.5, 0.6) is 0 Å². The molecule has 0 N–H and O–H groups in total. The number of carbonyl (C=O) groups excluding carboxylic acids is 2. The number of benzene rings is 1. The summed E-state index contributed by atoms with van der Waals surface area (Å²) in [5, 5.41) is 0. The van der Waals surface area contributed by atoms with E-state index in [2.05, 4.69) is 52.0 Å². The molecule has 2 heterocycles. The maximum Gasteiger partial charge on any atom is 0.246 e. The van der Waals surface area contributed by atoms with Crippen molar-refractivity contribution >= 4 is 23.6 Å². The molecule has 0 aromatic heterocycles. The van der Waals surface area contributed by atoms with E-state index in [0.717, 1.165) is 12.0 Å². The Bertz CT molecular complexity index is 680. The Morgan fingerprint density at radius 2 is 1.96 bits per heavy atom. The van der Waals surface area contributed by atoms with Gasteiger partial charge in [0.25, 0.3) is 0 Å². The van der Waals surface area contributed by atoms with Crippen LogP contribution in [0.4, 0.5) is 0 Å². The number of fused-ring (bicyclic) bond motifs is 1. The van der Waals surface area contributed by atoms with E-state index in [-0.39, 0.29) is 28.1 Å². The van der Waals surface area contributed by atoms with Gasteiger partial charge in [-0.2, -0.15) is 0 Å². The molecule has 0 spiro atoms. The molecule has 2 aliphatic rings. The molecule has 0 unspecified atom stereocenters. The minimum absolute atomic E-state index is 0.0476. The van der Waals surface area contributed by atoms with Gasteiger partial charge < -0.3 is 9.80 Å². The van der Waals surface area contributed by atoms with Crippen LogP contribution in [0.1, 0.15) is 51.7 Å². The predicted octanol–water partition coefficient (Wildman–Crippen LogP) is 3.40. The van der Waals surface area contributed by atoms with E-state index < -0.39 is 0 Å². The highest BCUT2D eigenvalue weighted by molar-refractivity contribution is 8.01. The molecule has 5 heteroatoms. The SMILES string of the molecule is CN(Cc1ccc(C(C)(C)C)cc1)C(=O)[C@@H]1CS[C@@]2(C)CCC(=O)N12. The van der Waals surface area contributed by atoms with Crippen LogP contribution in [0.3, 0.4) is 0 Å². The molecule has 0 bridgehead atoms. The van der Waals surface area contributed by atoms with Crippen LogP contribution in [-0.4, -0.2) is 45.3 Å². The van der Waals surface area contributed by atoms with E-state index in [1.54, 1.807) is 16.7 Å². The third-order valence-electron chi connectivity index (χ3n) is 5.35. The number of hydrogen-bond donors (Lipinski definition) is 0. The Balaban J connectivity index is 1.68. The first-order valence-electron chi connectivity index (χ1n) is 8.92. The number of thioether (sulfide) groups is 1. The average Bonchev–Trinajstić information content (AvgIpc) is 3.03. The lowest BCUT2D eigenvalue weighted by molar-refractivity contribution is -0.143. The number of amides is 2. The Morgan fingerprint density at radius 3 is 2.56 bits per heavy atom. The molecular formula is C20H28N2O2S. The van der Waals surface area contributed by atoms with Gasteiger partial charge in [-0.05, 0) is 29.9 Å². The van der Waals surface area contributed by atoms with Gasteiger partial charge in [-0.1, -0.05) is 45.0 Å². The third kappa shape index (κ3) is 3.43. The quantitative estimate of drug-likeness (QED) is 0.829.